The molecule has 2 aromatic carbocycles. The second-order valence-corrected chi connectivity index (χ2v) is 7.42. The first kappa shape index (κ1) is 23.5. The Bertz CT molecular complexity index is 878. The van der Waals surface area contributed by atoms with Gasteiger partial charge in [-0.15, -0.1) is 24.0 Å². The molecule has 0 aliphatic carbocycles. The largest absolute Gasteiger partial charge is 0.352 e. The zero-order valence-electron chi connectivity index (χ0n) is 16.6. The van der Waals surface area contributed by atoms with Crippen molar-refractivity contribution in [3.8, 4) is 0 Å². The SMILES string of the molecule is CN=C(NCC(=O)N1CCc2ccccc21)NCc1ccc(F)cc1CSC.I. The van der Waals surface area contributed by atoms with Crippen LogP contribution in [0.15, 0.2) is 47.5 Å². The van der Waals surface area contributed by atoms with Gasteiger partial charge in [-0.25, -0.2) is 4.39 Å². The fourth-order valence-electron chi connectivity index (χ4n) is 3.31. The highest BCUT2D eigenvalue weighted by Crippen LogP contribution is 2.27. The van der Waals surface area contributed by atoms with Gasteiger partial charge in [-0.1, -0.05) is 24.3 Å². The van der Waals surface area contributed by atoms with Crippen molar-refractivity contribution in [1.82, 2.24) is 10.6 Å². The first-order valence-electron chi connectivity index (χ1n) is 9.21. The molecule has 0 bridgehead atoms. The van der Waals surface area contributed by atoms with Gasteiger partial charge in [0.1, 0.15) is 5.82 Å². The van der Waals surface area contributed by atoms with E-state index in [0.717, 1.165) is 29.0 Å². The van der Waals surface area contributed by atoms with Crippen molar-refractivity contribution in [2.45, 2.75) is 18.7 Å². The van der Waals surface area contributed by atoms with E-state index >= 15 is 0 Å². The number of anilines is 1. The molecule has 0 aromatic heterocycles. The summed E-state index contributed by atoms with van der Waals surface area (Å²) in [5, 5.41) is 6.28. The number of aliphatic imine (C=N–C) groups is 1. The van der Waals surface area contributed by atoms with Crippen LogP contribution >= 0.6 is 35.7 Å². The summed E-state index contributed by atoms with van der Waals surface area (Å²) < 4.78 is 13.5. The Hall–Kier alpha value is -1.81. The summed E-state index contributed by atoms with van der Waals surface area (Å²) in [5.41, 5.74) is 4.17. The number of para-hydroxylation sites is 1. The Morgan fingerprint density at radius 2 is 2.00 bits per heavy atom. The first-order chi connectivity index (χ1) is 13.6. The Labute approximate surface area is 192 Å². The molecular weight excluding hydrogens is 502 g/mol. The van der Waals surface area contributed by atoms with Crippen molar-refractivity contribution in [2.75, 3.05) is 31.3 Å². The third kappa shape index (κ3) is 6.08. The molecule has 0 fully saturated rings. The van der Waals surface area contributed by atoms with Gasteiger partial charge < -0.3 is 15.5 Å². The van der Waals surface area contributed by atoms with E-state index in [1.807, 2.05) is 29.4 Å². The van der Waals surface area contributed by atoms with Crippen LogP contribution in [0.25, 0.3) is 0 Å². The van der Waals surface area contributed by atoms with Crippen LogP contribution in [0.5, 0.6) is 0 Å². The summed E-state index contributed by atoms with van der Waals surface area (Å²) in [6.45, 7) is 1.38. The third-order valence-electron chi connectivity index (χ3n) is 4.73. The summed E-state index contributed by atoms with van der Waals surface area (Å²) in [7, 11) is 1.67. The molecule has 1 aliphatic rings. The lowest BCUT2D eigenvalue weighted by Crippen LogP contribution is -2.44. The summed E-state index contributed by atoms with van der Waals surface area (Å²) >= 11 is 1.65. The normalized spacial score (nSPS) is 12.9. The smallest absolute Gasteiger partial charge is 0.246 e. The molecule has 0 saturated heterocycles. The van der Waals surface area contributed by atoms with Gasteiger partial charge in [-0.05, 0) is 47.6 Å². The third-order valence-corrected chi connectivity index (χ3v) is 5.33. The van der Waals surface area contributed by atoms with E-state index in [0.29, 0.717) is 19.0 Å². The molecule has 2 aromatic rings. The number of hydrogen-bond acceptors (Lipinski definition) is 3. The van der Waals surface area contributed by atoms with Crippen molar-refractivity contribution in [3.05, 3.63) is 65.0 Å². The lowest BCUT2D eigenvalue weighted by Gasteiger charge is -2.19. The van der Waals surface area contributed by atoms with E-state index in [2.05, 4.69) is 21.7 Å². The predicted molar refractivity (Wildman–Crippen MR) is 130 cm³/mol. The van der Waals surface area contributed by atoms with Gasteiger partial charge >= 0.3 is 0 Å². The van der Waals surface area contributed by atoms with Gasteiger partial charge in [0.05, 0.1) is 6.54 Å². The molecule has 1 heterocycles. The number of amides is 1. The molecule has 2 N–H and O–H groups in total. The first-order valence-corrected chi connectivity index (χ1v) is 10.6. The zero-order chi connectivity index (χ0) is 19.9. The second kappa shape index (κ2) is 11.4. The Morgan fingerprint density at radius 1 is 1.21 bits per heavy atom. The number of thioether (sulfide) groups is 1. The van der Waals surface area contributed by atoms with E-state index in [4.69, 9.17) is 0 Å². The number of benzene rings is 2. The van der Waals surface area contributed by atoms with Crippen LogP contribution in [0.4, 0.5) is 10.1 Å². The van der Waals surface area contributed by atoms with Crippen molar-refractivity contribution in [1.29, 1.82) is 0 Å². The Morgan fingerprint density at radius 3 is 2.76 bits per heavy atom. The fourth-order valence-corrected chi connectivity index (χ4v) is 3.89. The Balaban J connectivity index is 0.00000300. The van der Waals surface area contributed by atoms with Crippen molar-refractivity contribution < 1.29 is 9.18 Å². The number of hydrogen-bond donors (Lipinski definition) is 2. The van der Waals surface area contributed by atoms with Gasteiger partial charge in [-0.2, -0.15) is 11.8 Å². The van der Waals surface area contributed by atoms with Gasteiger partial charge in [0.2, 0.25) is 5.91 Å². The maximum Gasteiger partial charge on any atom is 0.246 e. The van der Waals surface area contributed by atoms with E-state index < -0.39 is 0 Å². The number of carbonyl (C=O) groups excluding carboxylic acids is 1. The van der Waals surface area contributed by atoms with Crippen LogP contribution in [0.2, 0.25) is 0 Å². The monoisotopic (exact) mass is 528 g/mol. The highest BCUT2D eigenvalue weighted by Gasteiger charge is 2.23. The lowest BCUT2D eigenvalue weighted by atomic mass is 10.1. The lowest BCUT2D eigenvalue weighted by molar-refractivity contribution is -0.117. The van der Waals surface area contributed by atoms with Crippen LogP contribution in [0.1, 0.15) is 16.7 Å². The molecule has 0 unspecified atom stereocenters. The molecule has 3 rings (SSSR count). The minimum Gasteiger partial charge on any atom is -0.352 e. The van der Waals surface area contributed by atoms with Crippen LogP contribution < -0.4 is 15.5 Å². The topological polar surface area (TPSA) is 56.7 Å². The molecule has 0 atom stereocenters. The van der Waals surface area contributed by atoms with Crippen molar-refractivity contribution in [3.63, 3.8) is 0 Å². The maximum atomic E-state index is 13.5. The van der Waals surface area contributed by atoms with Crippen LogP contribution in [0.3, 0.4) is 0 Å². The summed E-state index contributed by atoms with van der Waals surface area (Å²) in [4.78, 5) is 18.6. The molecule has 5 nitrogen and oxygen atoms in total. The summed E-state index contributed by atoms with van der Waals surface area (Å²) in [5.74, 6) is 1.07. The van der Waals surface area contributed by atoms with E-state index in [1.54, 1.807) is 30.9 Å². The molecule has 1 amide bonds. The van der Waals surface area contributed by atoms with Crippen LogP contribution in [-0.2, 0) is 23.5 Å². The molecule has 8 heteroatoms. The molecule has 156 valence electrons. The van der Waals surface area contributed by atoms with E-state index in [9.17, 15) is 9.18 Å². The van der Waals surface area contributed by atoms with E-state index in [1.165, 1.54) is 11.6 Å². The molecule has 0 saturated carbocycles. The van der Waals surface area contributed by atoms with E-state index in [-0.39, 0.29) is 42.2 Å². The summed E-state index contributed by atoms with van der Waals surface area (Å²) in [6.07, 6.45) is 2.88. The van der Waals surface area contributed by atoms with Gasteiger partial charge in [0, 0.05) is 31.6 Å². The van der Waals surface area contributed by atoms with Gasteiger partial charge in [0.25, 0.3) is 0 Å². The van der Waals surface area contributed by atoms with Crippen molar-refractivity contribution in [2.24, 2.45) is 4.99 Å². The maximum absolute atomic E-state index is 13.5. The number of halogens is 2. The quantitative estimate of drug-likeness (QED) is 0.342. The average molecular weight is 528 g/mol. The minimum absolute atomic E-state index is 0. The van der Waals surface area contributed by atoms with Gasteiger partial charge in [-0.3, -0.25) is 9.79 Å². The second-order valence-electron chi connectivity index (χ2n) is 6.55. The number of nitrogens with zero attached hydrogens (tertiary/aromatic N) is 2. The van der Waals surface area contributed by atoms with Crippen LogP contribution in [0, 0.1) is 5.82 Å². The zero-order valence-corrected chi connectivity index (χ0v) is 19.7. The average Bonchev–Trinajstić information content (AvgIpc) is 3.13. The number of carbonyl (C=O) groups is 1. The van der Waals surface area contributed by atoms with Crippen LogP contribution in [-0.4, -0.2) is 38.3 Å². The fraction of sp³-hybridized carbons (Fsp3) is 0.333. The standard InChI is InChI=1S/C21H25FN4OS.HI/c1-23-21(24-12-16-7-8-18(22)11-17(16)14-28-2)25-13-20(27)26-10-9-15-5-3-4-6-19(15)26;/h3-8,11H,9-10,12-14H2,1-2H3,(H2,23,24,25);1H. The molecule has 1 aliphatic heterocycles. The number of fused-ring (bicyclic) bond motifs is 1. The van der Waals surface area contributed by atoms with Gasteiger partial charge in [0.15, 0.2) is 5.96 Å². The number of guanidine groups is 1. The molecule has 29 heavy (non-hydrogen) atoms. The summed E-state index contributed by atoms with van der Waals surface area (Å²) in [6, 6.07) is 12.8. The Kier molecular flexibility index (Phi) is 9.22. The molecular formula is C21H26FIN4OS. The number of nitrogens with one attached hydrogen (secondary N) is 2. The highest BCUT2D eigenvalue weighted by atomic mass is 127. The minimum atomic E-state index is -0.230. The van der Waals surface area contributed by atoms with Crippen molar-refractivity contribution >= 4 is 53.3 Å². The molecule has 0 spiro atoms. The number of rotatable bonds is 6. The highest BCUT2D eigenvalue weighted by molar-refractivity contribution is 14.0. The predicted octanol–water partition coefficient (Wildman–Crippen LogP) is 3.56. The molecule has 0 radical (unpaired) electrons.